The molecule has 5 N–H and O–H groups in total. The summed E-state index contributed by atoms with van der Waals surface area (Å²) in [6.45, 7) is 5.19. The van der Waals surface area contributed by atoms with E-state index in [4.69, 9.17) is 9.47 Å². The Morgan fingerprint density at radius 2 is 1.81 bits per heavy atom. The van der Waals surface area contributed by atoms with Crippen LogP contribution >= 0.6 is 21.6 Å². The number of rotatable bonds is 11. The van der Waals surface area contributed by atoms with Gasteiger partial charge in [-0.2, -0.15) is 0 Å². The zero-order valence-electron chi connectivity index (χ0n) is 36.5. The molecule has 9 atom stereocenters. The molecule has 63 heavy (non-hydrogen) atoms. The maximum absolute atomic E-state index is 15.1. The van der Waals surface area contributed by atoms with Crippen molar-refractivity contribution in [3.63, 3.8) is 0 Å². The van der Waals surface area contributed by atoms with Crippen molar-refractivity contribution >= 4 is 45.3 Å². The molecule has 12 nitrogen and oxygen atoms in total. The summed E-state index contributed by atoms with van der Waals surface area (Å²) >= 11 is 0. The van der Waals surface area contributed by atoms with Crippen LogP contribution in [0.25, 0.3) is 0 Å². The number of hydrogen-bond donors (Lipinski definition) is 5. The molecule has 5 aliphatic heterocycles. The molecule has 0 radical (unpaired) electrons. The summed E-state index contributed by atoms with van der Waals surface area (Å²) in [5.74, 6) is 0.845. The van der Waals surface area contributed by atoms with Crippen LogP contribution in [0.2, 0.25) is 0 Å². The Morgan fingerprint density at radius 1 is 1.00 bits per heavy atom. The van der Waals surface area contributed by atoms with Crippen molar-refractivity contribution in [3.05, 3.63) is 81.2 Å². The van der Waals surface area contributed by atoms with Gasteiger partial charge in [-0.1, -0.05) is 53.9 Å². The van der Waals surface area contributed by atoms with E-state index in [9.17, 15) is 24.6 Å². The normalized spacial score (nSPS) is 34.9. The zero-order valence-corrected chi connectivity index (χ0v) is 38.2. The molecule has 1 spiro atoms. The summed E-state index contributed by atoms with van der Waals surface area (Å²) in [7, 11) is 3.39. The molecular formula is C49H62N4O8S2. The van der Waals surface area contributed by atoms with Crippen LogP contribution in [-0.4, -0.2) is 82.5 Å². The Balaban J connectivity index is 1.18. The van der Waals surface area contributed by atoms with Crippen molar-refractivity contribution in [3.8, 4) is 0 Å². The fourth-order valence-corrected chi connectivity index (χ4v) is 16.3. The molecule has 2 saturated carbocycles. The summed E-state index contributed by atoms with van der Waals surface area (Å²) in [5, 5.41) is 30.8. The van der Waals surface area contributed by atoms with Gasteiger partial charge in [0, 0.05) is 61.4 Å². The molecule has 3 fully saturated rings. The van der Waals surface area contributed by atoms with Crippen molar-refractivity contribution in [2.45, 2.75) is 115 Å². The maximum atomic E-state index is 15.1. The lowest BCUT2D eigenvalue weighted by atomic mass is 9.42. The highest BCUT2D eigenvalue weighted by atomic mass is 33.1. The van der Waals surface area contributed by atoms with E-state index in [0.717, 1.165) is 91.7 Å². The Hall–Kier alpha value is -3.56. The lowest BCUT2D eigenvalue weighted by Crippen LogP contribution is -2.55. The lowest BCUT2D eigenvalue weighted by molar-refractivity contribution is -0.138. The van der Waals surface area contributed by atoms with E-state index in [1.54, 1.807) is 28.5 Å². The molecule has 0 aromatic carbocycles. The minimum Gasteiger partial charge on any atom is -0.427 e. The van der Waals surface area contributed by atoms with Crippen LogP contribution in [-0.2, 0) is 28.7 Å². The van der Waals surface area contributed by atoms with Gasteiger partial charge in [-0.05, 0) is 136 Å². The van der Waals surface area contributed by atoms with Gasteiger partial charge in [-0.25, -0.2) is 9.59 Å². The number of aliphatic hydroxyl groups excluding tert-OH is 2. The molecular weight excluding hydrogens is 837 g/mol. The molecule has 2 amide bonds. The number of carbonyl (C=O) groups excluding carboxylic acids is 4. The van der Waals surface area contributed by atoms with Crippen LogP contribution in [0.4, 0.5) is 0 Å². The summed E-state index contributed by atoms with van der Waals surface area (Å²) in [4.78, 5) is 58.0. The SMILES string of the molecule is CCC1(C2=C3OC(=O)C4=C3C(CC2)CC2C3CCC5(C6=CCC(CCCCO)C(NCC(C)O)SSCNC7=CC(=CCN7)C(CN7C(=O)C=CC7=O)C3=C5C(=O)O6)C42)CCCC1. The predicted octanol–water partition coefficient (Wildman–Crippen LogP) is 6.58. The molecule has 5 heterocycles. The van der Waals surface area contributed by atoms with Crippen molar-refractivity contribution < 1.29 is 38.9 Å². The standard InChI is InChI=1S/C49H62N4O8S2/c1-3-48(17-5-6-18-48)34-11-9-30-22-32-31-15-19-49(42(32)41-39(30)44(34)61-46(41)58)35-12-10-28(8-4-7-21-54)45(51-24-27(2)55)63-62-26-52-36-23-29(16-20-50-36)33(40(31)43(49)47(59)60-35)25-53-37(56)13-14-38(53)57/h12-14,16,23,27-28,30-33,42,45,50-52,54-55H,3-11,15,17-22,24-26H2,1-2H3. The first-order valence-corrected chi connectivity index (χ1v) is 26.1. The van der Waals surface area contributed by atoms with Gasteiger partial charge in [-0.3, -0.25) is 14.5 Å². The van der Waals surface area contributed by atoms with E-state index in [1.165, 1.54) is 35.5 Å². The van der Waals surface area contributed by atoms with Crippen molar-refractivity contribution in [1.82, 2.24) is 20.9 Å². The quantitative estimate of drug-likeness (QED) is 0.0655. The minimum absolute atomic E-state index is 0.0142. The smallest absolute Gasteiger partial charge is 0.340 e. The number of unbranched alkanes of at least 4 members (excludes halogenated alkanes) is 1. The summed E-state index contributed by atoms with van der Waals surface area (Å²) < 4.78 is 13.2. The molecule has 11 rings (SSSR count). The Labute approximate surface area is 378 Å². The molecule has 6 aliphatic carbocycles. The number of esters is 2. The number of aliphatic hydroxyl groups is 2. The molecule has 0 aromatic rings. The third-order valence-electron chi connectivity index (χ3n) is 16.5. The number of hydrogen-bond acceptors (Lipinski definition) is 13. The summed E-state index contributed by atoms with van der Waals surface area (Å²) in [6.07, 6.45) is 21.1. The van der Waals surface area contributed by atoms with Crippen LogP contribution in [0.15, 0.2) is 81.2 Å². The fourth-order valence-electron chi connectivity index (χ4n) is 13.8. The average Bonchev–Trinajstić information content (AvgIpc) is 4.06. The number of allylic oxidation sites excluding steroid dienone is 5. The zero-order chi connectivity index (χ0) is 43.6. The van der Waals surface area contributed by atoms with Gasteiger partial charge in [-0.15, -0.1) is 0 Å². The number of nitrogens with zero attached hydrogens (tertiary/aromatic N) is 1. The molecule has 7 bridgehead atoms. The van der Waals surface area contributed by atoms with E-state index in [2.05, 4.69) is 41.1 Å². The Morgan fingerprint density at radius 3 is 2.57 bits per heavy atom. The number of ether oxygens (including phenoxy) is 2. The van der Waals surface area contributed by atoms with Crippen LogP contribution in [0.3, 0.4) is 0 Å². The van der Waals surface area contributed by atoms with Crippen molar-refractivity contribution in [1.29, 1.82) is 0 Å². The second-order valence-electron chi connectivity index (χ2n) is 19.6. The lowest BCUT2D eigenvalue weighted by Gasteiger charge is -2.58. The van der Waals surface area contributed by atoms with E-state index >= 15 is 4.79 Å². The highest BCUT2D eigenvalue weighted by Gasteiger charge is 2.70. The number of imide groups is 1. The van der Waals surface area contributed by atoms with Crippen LogP contribution in [0, 0.1) is 46.3 Å². The van der Waals surface area contributed by atoms with Crippen LogP contribution < -0.4 is 16.0 Å². The first-order chi connectivity index (χ1) is 30.6. The van der Waals surface area contributed by atoms with Crippen molar-refractivity contribution in [2.24, 2.45) is 46.3 Å². The summed E-state index contributed by atoms with van der Waals surface area (Å²) in [5.41, 5.74) is 4.81. The third-order valence-corrected chi connectivity index (χ3v) is 19.1. The molecule has 14 heteroatoms. The molecule has 0 aromatic heterocycles. The Bertz CT molecular complexity index is 2160. The first-order valence-electron chi connectivity index (χ1n) is 23.7. The van der Waals surface area contributed by atoms with Crippen LogP contribution in [0.1, 0.15) is 104 Å². The second-order valence-corrected chi connectivity index (χ2v) is 22.1. The number of amides is 2. The highest BCUT2D eigenvalue weighted by molar-refractivity contribution is 8.76. The van der Waals surface area contributed by atoms with E-state index < -0.39 is 23.4 Å². The Kier molecular flexibility index (Phi) is 11.9. The number of fused-ring (bicyclic) bond motifs is 2. The fraction of sp³-hybridized carbons (Fsp3) is 0.633. The van der Waals surface area contributed by atoms with E-state index in [1.807, 2.05) is 0 Å². The van der Waals surface area contributed by atoms with Gasteiger partial charge in [0.2, 0.25) is 0 Å². The largest absolute Gasteiger partial charge is 0.427 e. The van der Waals surface area contributed by atoms with Gasteiger partial charge in [0.25, 0.3) is 11.8 Å². The summed E-state index contributed by atoms with van der Waals surface area (Å²) in [6, 6.07) is 0. The maximum Gasteiger partial charge on any atom is 0.340 e. The second kappa shape index (κ2) is 17.3. The average molecular weight is 899 g/mol. The van der Waals surface area contributed by atoms with Crippen LogP contribution in [0.5, 0.6) is 0 Å². The van der Waals surface area contributed by atoms with Gasteiger partial charge >= 0.3 is 11.9 Å². The minimum atomic E-state index is -0.939. The van der Waals surface area contributed by atoms with Gasteiger partial charge in [0.05, 0.1) is 34.2 Å². The molecule has 1 saturated heterocycles. The first kappa shape index (κ1) is 43.3. The third kappa shape index (κ3) is 7.23. The van der Waals surface area contributed by atoms with E-state index in [-0.39, 0.29) is 71.3 Å². The van der Waals surface area contributed by atoms with E-state index in [0.29, 0.717) is 49.6 Å². The highest BCUT2D eigenvalue weighted by Crippen LogP contribution is 2.73. The number of nitrogens with one attached hydrogen (secondary N) is 3. The topological polar surface area (TPSA) is 167 Å². The van der Waals surface area contributed by atoms with Crippen molar-refractivity contribution in [2.75, 3.05) is 32.1 Å². The van der Waals surface area contributed by atoms with Gasteiger partial charge < -0.3 is 35.6 Å². The monoisotopic (exact) mass is 898 g/mol. The molecule has 11 aliphatic rings. The van der Waals surface area contributed by atoms with Gasteiger partial charge in [0.1, 0.15) is 11.5 Å². The number of dihydropyridines is 1. The van der Waals surface area contributed by atoms with Gasteiger partial charge in [0.15, 0.2) is 0 Å². The molecule has 338 valence electrons. The number of carbonyl (C=O) groups is 4. The molecule has 9 unspecified atom stereocenters. The predicted molar refractivity (Wildman–Crippen MR) is 241 cm³/mol.